The van der Waals surface area contributed by atoms with E-state index in [2.05, 4.69) is 10.1 Å². The van der Waals surface area contributed by atoms with Gasteiger partial charge in [-0.15, -0.1) is 0 Å². The fourth-order valence-corrected chi connectivity index (χ4v) is 1.27. The third kappa shape index (κ3) is 2.20. The average molecular weight is 220 g/mol. The van der Waals surface area contributed by atoms with Crippen molar-refractivity contribution in [1.82, 2.24) is 10.1 Å². The molecule has 0 amide bonds. The van der Waals surface area contributed by atoms with Crippen LogP contribution in [0.2, 0.25) is 0 Å². The highest BCUT2D eigenvalue weighted by atomic mass is 16.5. The molecule has 0 saturated heterocycles. The molecule has 0 unspecified atom stereocenters. The molecule has 0 atom stereocenters. The highest BCUT2D eigenvalue weighted by molar-refractivity contribution is 5.61. The number of aromatic nitrogens is 2. The molecule has 16 heavy (non-hydrogen) atoms. The van der Waals surface area contributed by atoms with Crippen LogP contribution in [0.4, 0.5) is 0 Å². The first-order valence-corrected chi connectivity index (χ1v) is 5.00. The van der Waals surface area contributed by atoms with E-state index in [9.17, 15) is 5.11 Å². The van der Waals surface area contributed by atoms with Crippen molar-refractivity contribution in [3.63, 3.8) is 0 Å². The first-order chi connectivity index (χ1) is 7.81. The smallest absolute Gasteiger partial charge is 0.261 e. The summed E-state index contributed by atoms with van der Waals surface area (Å²) in [7, 11) is 0. The zero-order valence-electron chi connectivity index (χ0n) is 8.88. The molecular weight excluding hydrogens is 208 g/mol. The van der Waals surface area contributed by atoms with Gasteiger partial charge in [-0.3, -0.25) is 0 Å². The van der Waals surface area contributed by atoms with Crippen molar-refractivity contribution >= 4 is 0 Å². The SMILES string of the molecule is CCOCc1noc(-c2ccccc2O)n1. The van der Waals surface area contributed by atoms with Crippen LogP contribution in [0.15, 0.2) is 28.8 Å². The molecular formula is C11H12N2O3. The van der Waals surface area contributed by atoms with Gasteiger partial charge in [0, 0.05) is 6.61 Å². The Balaban J connectivity index is 2.22. The van der Waals surface area contributed by atoms with E-state index in [-0.39, 0.29) is 5.75 Å². The first-order valence-electron chi connectivity index (χ1n) is 5.00. The van der Waals surface area contributed by atoms with Crippen LogP contribution in [-0.4, -0.2) is 21.9 Å². The largest absolute Gasteiger partial charge is 0.507 e. The number of hydrogen-bond acceptors (Lipinski definition) is 5. The molecule has 0 aliphatic heterocycles. The Kier molecular flexibility index (Phi) is 3.16. The lowest BCUT2D eigenvalue weighted by atomic mass is 10.2. The van der Waals surface area contributed by atoms with E-state index < -0.39 is 0 Å². The molecule has 0 spiro atoms. The maximum Gasteiger partial charge on any atom is 0.261 e. The Bertz CT molecular complexity index is 468. The number of phenolic OH excluding ortho intramolecular Hbond substituents is 1. The molecule has 1 N–H and O–H groups in total. The van der Waals surface area contributed by atoms with Gasteiger partial charge in [-0.2, -0.15) is 4.98 Å². The number of rotatable bonds is 4. The molecule has 2 rings (SSSR count). The molecule has 2 aromatic rings. The summed E-state index contributed by atoms with van der Waals surface area (Å²) in [6, 6.07) is 6.81. The van der Waals surface area contributed by atoms with Gasteiger partial charge in [0.25, 0.3) is 5.89 Å². The van der Waals surface area contributed by atoms with Crippen molar-refractivity contribution < 1.29 is 14.4 Å². The molecule has 0 saturated carbocycles. The predicted molar refractivity (Wildman–Crippen MR) is 56.7 cm³/mol. The van der Waals surface area contributed by atoms with Gasteiger partial charge in [0.15, 0.2) is 5.82 Å². The van der Waals surface area contributed by atoms with Crippen LogP contribution in [0.25, 0.3) is 11.5 Å². The highest BCUT2D eigenvalue weighted by Crippen LogP contribution is 2.26. The summed E-state index contributed by atoms with van der Waals surface area (Å²) in [5.41, 5.74) is 0.526. The number of aromatic hydroxyl groups is 1. The van der Waals surface area contributed by atoms with E-state index in [1.807, 2.05) is 6.92 Å². The third-order valence-electron chi connectivity index (χ3n) is 2.04. The van der Waals surface area contributed by atoms with Crippen LogP contribution in [0, 0.1) is 0 Å². The second kappa shape index (κ2) is 4.76. The summed E-state index contributed by atoms with van der Waals surface area (Å²) >= 11 is 0. The topological polar surface area (TPSA) is 68.4 Å². The quantitative estimate of drug-likeness (QED) is 0.853. The Morgan fingerprint density at radius 1 is 1.38 bits per heavy atom. The van der Waals surface area contributed by atoms with E-state index in [0.717, 1.165) is 0 Å². The van der Waals surface area contributed by atoms with Crippen molar-refractivity contribution in [3.8, 4) is 17.2 Å². The monoisotopic (exact) mass is 220 g/mol. The zero-order valence-corrected chi connectivity index (χ0v) is 8.88. The number of phenols is 1. The maximum absolute atomic E-state index is 9.59. The van der Waals surface area contributed by atoms with Crippen LogP contribution >= 0.6 is 0 Å². The highest BCUT2D eigenvalue weighted by Gasteiger charge is 2.11. The van der Waals surface area contributed by atoms with Crippen LogP contribution < -0.4 is 0 Å². The second-order valence-electron chi connectivity index (χ2n) is 3.17. The molecule has 1 aromatic carbocycles. The third-order valence-corrected chi connectivity index (χ3v) is 2.04. The summed E-state index contributed by atoms with van der Waals surface area (Å²) in [5, 5.41) is 13.3. The molecule has 5 nitrogen and oxygen atoms in total. The molecule has 0 aliphatic rings. The van der Waals surface area contributed by atoms with Gasteiger partial charge in [-0.25, -0.2) is 0 Å². The summed E-state index contributed by atoms with van der Waals surface area (Å²) in [6.07, 6.45) is 0. The standard InChI is InChI=1S/C11H12N2O3/c1-2-15-7-10-12-11(16-13-10)8-5-3-4-6-9(8)14/h3-6,14H,2,7H2,1H3. The Morgan fingerprint density at radius 3 is 2.94 bits per heavy atom. The van der Waals surface area contributed by atoms with Gasteiger partial charge in [0.2, 0.25) is 0 Å². The van der Waals surface area contributed by atoms with Crippen molar-refractivity contribution in [2.45, 2.75) is 13.5 Å². The Hall–Kier alpha value is -1.88. The minimum Gasteiger partial charge on any atom is -0.507 e. The van der Waals surface area contributed by atoms with Gasteiger partial charge >= 0.3 is 0 Å². The molecule has 0 bridgehead atoms. The van der Waals surface area contributed by atoms with E-state index in [1.54, 1.807) is 24.3 Å². The van der Waals surface area contributed by atoms with E-state index in [4.69, 9.17) is 9.26 Å². The number of nitrogens with zero attached hydrogens (tertiary/aromatic N) is 2. The minimum absolute atomic E-state index is 0.120. The lowest BCUT2D eigenvalue weighted by Crippen LogP contribution is -1.93. The van der Waals surface area contributed by atoms with Crippen molar-refractivity contribution in [2.24, 2.45) is 0 Å². The van der Waals surface area contributed by atoms with Crippen molar-refractivity contribution in [2.75, 3.05) is 6.61 Å². The lowest BCUT2D eigenvalue weighted by Gasteiger charge is -1.96. The predicted octanol–water partition coefficient (Wildman–Crippen LogP) is 1.98. The van der Waals surface area contributed by atoms with Crippen molar-refractivity contribution in [1.29, 1.82) is 0 Å². The van der Waals surface area contributed by atoms with Gasteiger partial charge in [-0.05, 0) is 19.1 Å². The summed E-state index contributed by atoms with van der Waals surface area (Å²) in [5.74, 6) is 0.891. The number of para-hydroxylation sites is 1. The van der Waals surface area contributed by atoms with Gasteiger partial charge < -0.3 is 14.4 Å². The maximum atomic E-state index is 9.59. The van der Waals surface area contributed by atoms with Crippen LogP contribution in [0.5, 0.6) is 5.75 Å². The molecule has 0 aliphatic carbocycles. The van der Waals surface area contributed by atoms with Gasteiger partial charge in [-0.1, -0.05) is 17.3 Å². The van der Waals surface area contributed by atoms with E-state index >= 15 is 0 Å². The normalized spacial score (nSPS) is 10.6. The van der Waals surface area contributed by atoms with Crippen LogP contribution in [-0.2, 0) is 11.3 Å². The Labute approximate surface area is 92.7 Å². The number of benzene rings is 1. The van der Waals surface area contributed by atoms with Crippen molar-refractivity contribution in [3.05, 3.63) is 30.1 Å². The van der Waals surface area contributed by atoms with Crippen LogP contribution in [0.1, 0.15) is 12.7 Å². The molecule has 5 heteroatoms. The van der Waals surface area contributed by atoms with E-state index in [0.29, 0.717) is 30.5 Å². The number of ether oxygens (including phenoxy) is 1. The second-order valence-corrected chi connectivity index (χ2v) is 3.17. The summed E-state index contributed by atoms with van der Waals surface area (Å²) in [4.78, 5) is 4.12. The number of hydrogen-bond donors (Lipinski definition) is 1. The molecule has 1 aromatic heterocycles. The lowest BCUT2D eigenvalue weighted by molar-refractivity contribution is 0.126. The molecule has 0 radical (unpaired) electrons. The molecule has 0 fully saturated rings. The van der Waals surface area contributed by atoms with Gasteiger partial charge in [0.05, 0.1) is 5.56 Å². The van der Waals surface area contributed by atoms with Gasteiger partial charge in [0.1, 0.15) is 12.4 Å². The summed E-state index contributed by atoms with van der Waals surface area (Å²) < 4.78 is 10.2. The Morgan fingerprint density at radius 2 is 2.19 bits per heavy atom. The fourth-order valence-electron chi connectivity index (χ4n) is 1.27. The summed E-state index contributed by atoms with van der Waals surface area (Å²) in [6.45, 7) is 2.80. The minimum atomic E-state index is 0.120. The van der Waals surface area contributed by atoms with Crippen LogP contribution in [0.3, 0.4) is 0 Å². The first kappa shape index (κ1) is 10.6. The average Bonchev–Trinajstić information content (AvgIpc) is 2.75. The fraction of sp³-hybridized carbons (Fsp3) is 0.273. The van der Waals surface area contributed by atoms with E-state index in [1.165, 1.54) is 0 Å². The molecule has 84 valence electrons. The zero-order chi connectivity index (χ0) is 11.4. The molecule has 1 heterocycles.